The van der Waals surface area contributed by atoms with Gasteiger partial charge in [-0.25, -0.2) is 0 Å². The molecule has 2 aromatic carbocycles. The van der Waals surface area contributed by atoms with Crippen molar-refractivity contribution in [2.24, 2.45) is 0 Å². The molecule has 140 valence electrons. The summed E-state index contributed by atoms with van der Waals surface area (Å²) in [7, 11) is 0.387. The third-order valence-corrected chi connectivity index (χ3v) is 5.12. The Balaban J connectivity index is 1.83. The van der Waals surface area contributed by atoms with Gasteiger partial charge in [-0.05, 0) is 50.9 Å². The Bertz CT molecular complexity index is 904. The maximum atomic E-state index is 10.3. The number of hydrogen-bond acceptors (Lipinski definition) is 4. The summed E-state index contributed by atoms with van der Waals surface area (Å²) in [6.45, 7) is 7.80. The smallest absolute Gasteiger partial charge is 0.310 e. The normalized spacial score (nSPS) is 12.2. The van der Waals surface area contributed by atoms with Crippen molar-refractivity contribution in [2.45, 2.75) is 45.5 Å². The second-order valence-corrected chi connectivity index (χ2v) is 7.75. The largest absolute Gasteiger partial charge is 0.487 e. The van der Waals surface area contributed by atoms with Crippen LogP contribution in [0, 0.1) is 0 Å². The second-order valence-electron chi connectivity index (χ2n) is 7.75. The molecule has 0 radical (unpaired) electrons. The van der Waals surface area contributed by atoms with E-state index in [2.05, 4.69) is 4.98 Å². The highest BCUT2D eigenvalue weighted by molar-refractivity contribution is 6.51. The van der Waals surface area contributed by atoms with Gasteiger partial charge in [0.1, 0.15) is 17.9 Å². The molecule has 0 fully saturated rings. The second kappa shape index (κ2) is 7.71. The summed E-state index contributed by atoms with van der Waals surface area (Å²) in [5, 5.41) is 11.3. The summed E-state index contributed by atoms with van der Waals surface area (Å²) in [4.78, 5) is 4.52. The van der Waals surface area contributed by atoms with Crippen LogP contribution < -0.4 is 10.2 Å². The molecule has 0 saturated heterocycles. The lowest BCUT2D eigenvalue weighted by molar-refractivity contribution is -0.0893. The monoisotopic (exact) mass is 363 g/mol. The van der Waals surface area contributed by atoms with Gasteiger partial charge in [-0.3, -0.25) is 4.98 Å². The van der Waals surface area contributed by atoms with E-state index < -0.39 is 11.2 Å². The molecule has 1 N–H and O–H groups in total. The highest BCUT2D eigenvalue weighted by atomic mass is 16.5. The zero-order valence-corrected chi connectivity index (χ0v) is 16.4. The molecule has 0 aliphatic heterocycles. The fraction of sp³-hybridized carbons (Fsp3) is 0.318. The van der Waals surface area contributed by atoms with E-state index in [0.29, 0.717) is 14.1 Å². The van der Waals surface area contributed by atoms with Gasteiger partial charge >= 0.3 is 7.48 Å². The maximum Gasteiger partial charge on any atom is 0.310 e. The van der Waals surface area contributed by atoms with Crippen molar-refractivity contribution in [2.75, 3.05) is 0 Å². The first kappa shape index (κ1) is 19.4. The minimum atomic E-state index is -0.945. The van der Waals surface area contributed by atoms with Crippen LogP contribution in [0.5, 0.6) is 5.75 Å². The summed E-state index contributed by atoms with van der Waals surface area (Å²) in [5.41, 5.74) is 1.32. The van der Waals surface area contributed by atoms with Crippen molar-refractivity contribution in [1.29, 1.82) is 0 Å². The number of ether oxygens (including phenoxy) is 1. The van der Waals surface area contributed by atoms with Crippen molar-refractivity contribution < 1.29 is 14.5 Å². The zero-order valence-electron chi connectivity index (χ0n) is 16.4. The number of rotatable bonds is 7. The van der Waals surface area contributed by atoms with Gasteiger partial charge in [-0.15, -0.1) is 0 Å². The summed E-state index contributed by atoms with van der Waals surface area (Å²) in [6, 6.07) is 17.9. The van der Waals surface area contributed by atoms with E-state index in [1.165, 1.54) is 0 Å². The number of aromatic nitrogens is 1. The maximum absolute atomic E-state index is 10.3. The number of pyridine rings is 1. The summed E-state index contributed by atoms with van der Waals surface area (Å²) >= 11 is 0. The van der Waals surface area contributed by atoms with E-state index in [1.54, 1.807) is 20.0 Å². The van der Waals surface area contributed by atoms with Crippen LogP contribution in [0.1, 0.15) is 33.3 Å². The van der Waals surface area contributed by atoms with Crippen LogP contribution in [0.3, 0.4) is 0 Å². The summed E-state index contributed by atoms with van der Waals surface area (Å²) in [5.74, 6) is 0.750. The van der Waals surface area contributed by atoms with Crippen LogP contribution in [0.2, 0.25) is 0 Å². The number of fused-ring (bicyclic) bond motifs is 1. The fourth-order valence-electron chi connectivity index (χ4n) is 2.62. The fourth-order valence-corrected chi connectivity index (χ4v) is 2.62. The van der Waals surface area contributed by atoms with Crippen molar-refractivity contribution in [3.8, 4) is 5.75 Å². The quantitative estimate of drug-likeness (QED) is 0.654. The van der Waals surface area contributed by atoms with Gasteiger partial charge in [0.15, 0.2) is 0 Å². The first-order valence-corrected chi connectivity index (χ1v) is 9.17. The highest BCUT2D eigenvalue weighted by Gasteiger charge is 2.35. The molecular formula is C22H26BNO3. The predicted molar refractivity (Wildman–Crippen MR) is 111 cm³/mol. The predicted octanol–water partition coefficient (Wildman–Crippen LogP) is 3.36. The van der Waals surface area contributed by atoms with Crippen molar-refractivity contribution in [3.05, 3.63) is 66.4 Å². The van der Waals surface area contributed by atoms with Gasteiger partial charge in [0.2, 0.25) is 0 Å². The average Bonchev–Trinajstić information content (AvgIpc) is 2.65. The minimum absolute atomic E-state index is 0.387. The molecule has 3 rings (SSSR count). The average molecular weight is 363 g/mol. The Labute approximate surface area is 161 Å². The van der Waals surface area contributed by atoms with Crippen LogP contribution in [-0.2, 0) is 11.3 Å². The lowest BCUT2D eigenvalue weighted by Gasteiger charge is -2.37. The van der Waals surface area contributed by atoms with Gasteiger partial charge in [0, 0.05) is 11.6 Å². The lowest BCUT2D eigenvalue weighted by atomic mass is 9.81. The molecule has 5 heteroatoms. The molecule has 0 amide bonds. The number of hydrogen-bond donors (Lipinski definition) is 1. The summed E-state index contributed by atoms with van der Waals surface area (Å²) < 4.78 is 12.1. The number of aliphatic hydroxyl groups is 1. The molecule has 0 aliphatic rings. The Hall–Kier alpha value is -2.37. The Morgan fingerprint density at radius 1 is 0.963 bits per heavy atom. The molecule has 1 aromatic heterocycles. The van der Waals surface area contributed by atoms with Crippen molar-refractivity contribution in [3.63, 3.8) is 0 Å². The first-order valence-electron chi connectivity index (χ1n) is 9.17. The molecule has 0 spiro atoms. The highest BCUT2D eigenvalue weighted by Crippen LogP contribution is 2.26. The Morgan fingerprint density at radius 3 is 2.41 bits per heavy atom. The van der Waals surface area contributed by atoms with Crippen LogP contribution in [0.15, 0.2) is 60.8 Å². The van der Waals surface area contributed by atoms with Crippen LogP contribution in [0.4, 0.5) is 0 Å². The molecule has 0 atom stereocenters. The summed E-state index contributed by atoms with van der Waals surface area (Å²) in [6.07, 6.45) is 1.77. The standard InChI is InChI=1S/C22H26BNO3/c1-21(2,25)22(3,4)27-23-18-12-13-19(20-17(18)11-8-14-24-20)26-15-16-9-6-5-7-10-16/h5-14,23,25H,15H2,1-4H3. The molecular weight excluding hydrogens is 337 g/mol. The van der Waals surface area contributed by atoms with Gasteiger partial charge in [-0.1, -0.05) is 42.5 Å². The SMILES string of the molecule is CC(C)(O)C(C)(C)OBc1ccc(OCc2ccccc2)c2ncccc12. The molecule has 0 unspecified atom stereocenters. The van der Waals surface area contributed by atoms with Gasteiger partial charge in [-0.2, -0.15) is 0 Å². The molecule has 0 aliphatic carbocycles. The third-order valence-electron chi connectivity index (χ3n) is 5.12. The van der Waals surface area contributed by atoms with E-state index in [0.717, 1.165) is 27.7 Å². The van der Waals surface area contributed by atoms with Gasteiger partial charge in [0.25, 0.3) is 0 Å². The molecule has 0 bridgehead atoms. The topological polar surface area (TPSA) is 51.6 Å². The van der Waals surface area contributed by atoms with E-state index in [1.807, 2.05) is 68.4 Å². The Morgan fingerprint density at radius 2 is 1.70 bits per heavy atom. The third kappa shape index (κ3) is 4.49. The zero-order chi connectivity index (χ0) is 19.5. The van der Waals surface area contributed by atoms with Crippen LogP contribution in [0.25, 0.3) is 10.9 Å². The molecule has 27 heavy (non-hydrogen) atoms. The van der Waals surface area contributed by atoms with E-state index in [-0.39, 0.29) is 0 Å². The molecule has 4 nitrogen and oxygen atoms in total. The van der Waals surface area contributed by atoms with E-state index >= 15 is 0 Å². The first-order chi connectivity index (χ1) is 12.8. The van der Waals surface area contributed by atoms with Gasteiger partial charge in [0.05, 0.1) is 11.2 Å². The number of benzene rings is 2. The van der Waals surface area contributed by atoms with E-state index in [9.17, 15) is 5.11 Å². The Kier molecular flexibility index (Phi) is 5.54. The lowest BCUT2D eigenvalue weighted by Crippen LogP contribution is -2.49. The van der Waals surface area contributed by atoms with E-state index in [4.69, 9.17) is 9.39 Å². The van der Waals surface area contributed by atoms with Crippen LogP contribution >= 0.6 is 0 Å². The minimum Gasteiger partial charge on any atom is -0.487 e. The van der Waals surface area contributed by atoms with Crippen LogP contribution in [-0.4, -0.2) is 28.8 Å². The molecule has 1 heterocycles. The van der Waals surface area contributed by atoms with Crippen molar-refractivity contribution >= 4 is 23.8 Å². The number of nitrogens with zero attached hydrogens (tertiary/aromatic N) is 1. The molecule has 0 saturated carbocycles. The van der Waals surface area contributed by atoms with Crippen molar-refractivity contribution in [1.82, 2.24) is 4.98 Å². The van der Waals surface area contributed by atoms with Gasteiger partial charge < -0.3 is 14.5 Å². The molecule has 3 aromatic rings.